The molecule has 0 spiro atoms. The Morgan fingerprint density at radius 2 is 0.267 bits per heavy atom. The van der Waals surface area contributed by atoms with Gasteiger partial charge in [0.25, 0.3) is 0 Å². The number of benzene rings is 18. The molecule has 0 aromatic heterocycles. The second-order valence-corrected chi connectivity index (χ2v) is 27.9. The molecule has 105 heavy (non-hydrogen) atoms. The minimum atomic E-state index is -0.512. The maximum Gasteiger partial charge on any atom is 0.0713 e. The smallest absolute Gasteiger partial charge is 0.0622 e. The predicted molar refractivity (Wildman–Crippen MR) is 444 cm³/mol. The van der Waals surface area contributed by atoms with Crippen molar-refractivity contribution in [3.8, 4) is 145 Å². The van der Waals surface area contributed by atoms with Crippen LogP contribution in [0.3, 0.4) is 0 Å². The maximum absolute atomic E-state index is 2.36. The van der Waals surface area contributed by atoms with E-state index in [0.717, 1.165) is 0 Å². The van der Waals surface area contributed by atoms with E-state index in [9.17, 15) is 0 Å². The van der Waals surface area contributed by atoms with E-state index in [2.05, 4.69) is 425 Å². The summed E-state index contributed by atoms with van der Waals surface area (Å²) in [5, 5.41) is 4.92. The van der Waals surface area contributed by atoms with Gasteiger partial charge in [-0.2, -0.15) is 0 Å². The first-order chi connectivity index (χ1) is 51.9. The summed E-state index contributed by atoms with van der Waals surface area (Å²) in [6.07, 6.45) is 0. The summed E-state index contributed by atoms with van der Waals surface area (Å²) >= 11 is 0. The van der Waals surface area contributed by atoms with Crippen molar-refractivity contribution in [1.29, 1.82) is 0 Å². The van der Waals surface area contributed by atoms with Gasteiger partial charge in [-0.3, -0.25) is 0 Å². The molecule has 0 aliphatic heterocycles. The molecule has 0 saturated carbocycles. The highest BCUT2D eigenvalue weighted by Crippen LogP contribution is 2.56. The van der Waals surface area contributed by atoms with Gasteiger partial charge in [0.15, 0.2) is 0 Å². The van der Waals surface area contributed by atoms with Gasteiger partial charge < -0.3 is 0 Å². The molecule has 0 N–H and O–H groups in total. The number of rotatable bonds is 14. The normalized spacial score (nSPS) is 12.1. The van der Waals surface area contributed by atoms with E-state index in [1.54, 1.807) is 0 Å². The van der Waals surface area contributed by atoms with Gasteiger partial charge in [-0.1, -0.05) is 400 Å². The summed E-state index contributed by atoms with van der Waals surface area (Å²) in [4.78, 5) is 0. The first kappa shape index (κ1) is 62.5. The lowest BCUT2D eigenvalue weighted by atomic mass is 9.67. The van der Waals surface area contributed by atoms with Gasteiger partial charge in [-0.05, 0) is 213 Å². The zero-order valence-electron chi connectivity index (χ0n) is 57.9. The van der Waals surface area contributed by atoms with E-state index in [0.29, 0.717) is 0 Å². The van der Waals surface area contributed by atoms with Crippen LogP contribution in [0.25, 0.3) is 166 Å². The van der Waals surface area contributed by atoms with Crippen molar-refractivity contribution in [1.82, 2.24) is 0 Å². The third-order valence-electron chi connectivity index (χ3n) is 21.9. The molecular formula is C105H70. The minimum Gasteiger partial charge on any atom is -0.0622 e. The highest BCUT2D eigenvalue weighted by atomic mass is 14.5. The Kier molecular flexibility index (Phi) is 15.9. The Labute approximate surface area is 614 Å². The summed E-state index contributed by atoms with van der Waals surface area (Å²) in [6, 6.07) is 157. The molecule has 0 fully saturated rings. The molecule has 0 radical (unpaired) electrons. The van der Waals surface area contributed by atoms with Gasteiger partial charge in [-0.25, -0.2) is 0 Å². The van der Waals surface area contributed by atoms with Crippen molar-refractivity contribution in [2.24, 2.45) is 0 Å². The van der Waals surface area contributed by atoms with Crippen LogP contribution in [0.15, 0.2) is 425 Å². The Morgan fingerprint density at radius 3 is 0.476 bits per heavy atom. The molecule has 0 amide bonds. The van der Waals surface area contributed by atoms with Gasteiger partial charge in [-0.15, -0.1) is 0 Å². The molecule has 0 unspecified atom stereocenters. The van der Waals surface area contributed by atoms with Crippen molar-refractivity contribution in [2.45, 2.75) is 5.41 Å². The summed E-state index contributed by atoms with van der Waals surface area (Å²) in [6.45, 7) is 0. The topological polar surface area (TPSA) is 0 Å². The van der Waals surface area contributed by atoms with Crippen LogP contribution in [-0.2, 0) is 5.41 Å². The van der Waals surface area contributed by atoms with Crippen LogP contribution in [0.2, 0.25) is 0 Å². The van der Waals surface area contributed by atoms with E-state index < -0.39 is 5.41 Å². The molecule has 490 valence electrons. The van der Waals surface area contributed by atoms with Gasteiger partial charge in [0.05, 0.1) is 5.41 Å². The Balaban J connectivity index is 0.518. The van der Waals surface area contributed by atoms with E-state index in [1.165, 1.54) is 188 Å². The average molecular weight is 1330 g/mol. The number of fused-ring (bicyclic) bond motifs is 5. The molecule has 0 nitrogen and oxygen atoms in total. The SMILES string of the molecule is c1ccc(-c2ccc(-c3ccc(-c4ccc5cc(-c6ccc(-c7ccc(-c8ccc(C9(c%10ccc(-c%11ccc(-c%12ccc(-c%13ccc%14cc(-c%15ccc(-c%16ccc(-c%17ccccc%17)cc%16)cc%15)ccc%14c%13)cc%12)cc%11)cc%10)c%10ccccc%10-c%10ccccc%109)cc8)cc7)cc6)ccc5c4)cc3)cc2)cc1. The van der Waals surface area contributed by atoms with Crippen LogP contribution in [0.1, 0.15) is 22.3 Å². The van der Waals surface area contributed by atoms with Crippen molar-refractivity contribution in [3.63, 3.8) is 0 Å². The van der Waals surface area contributed by atoms with Crippen LogP contribution in [0.5, 0.6) is 0 Å². The fourth-order valence-electron chi connectivity index (χ4n) is 16.2. The maximum atomic E-state index is 2.36. The van der Waals surface area contributed by atoms with Crippen LogP contribution in [0.4, 0.5) is 0 Å². The molecule has 0 bridgehead atoms. The third-order valence-corrected chi connectivity index (χ3v) is 21.9. The lowest BCUT2D eigenvalue weighted by Gasteiger charge is -2.34. The van der Waals surface area contributed by atoms with Crippen LogP contribution in [0, 0.1) is 0 Å². The predicted octanol–water partition coefficient (Wildman–Crippen LogP) is 28.4. The van der Waals surface area contributed by atoms with E-state index >= 15 is 0 Å². The fourth-order valence-corrected chi connectivity index (χ4v) is 16.2. The highest BCUT2D eigenvalue weighted by Gasteiger charge is 2.46. The standard InChI is InChI=1S/C105H70/c1-3-11-71(12-4-1)73-19-23-75(24-20-73)79-35-43-87(44-36-79)91-51-55-97-69-93(53-57-95(97)67-91)89-47-39-81(40-48-89)77-27-31-83(32-28-77)85-59-63-99(64-60-85)105(103-17-9-7-15-101(103)102-16-8-10-18-104(102)105)100-65-61-86(62-66-100)84-33-29-78(30-34-84)82-41-49-90(50-42-82)94-54-58-96-68-92(52-56-98(96)70-94)88-45-37-80(38-46-88)76-25-21-74(22-26-76)72-13-5-2-6-14-72/h1-70H. The largest absolute Gasteiger partial charge is 0.0713 e. The molecule has 1 aliphatic rings. The summed E-state index contributed by atoms with van der Waals surface area (Å²) in [5.41, 5.74) is 36.2. The third kappa shape index (κ3) is 11.9. The first-order valence-electron chi connectivity index (χ1n) is 36.4. The molecule has 19 rings (SSSR count). The Hall–Kier alpha value is -13.5. The second kappa shape index (κ2) is 26.8. The lowest BCUT2D eigenvalue weighted by molar-refractivity contribution is 0.769. The number of hydrogen-bond acceptors (Lipinski definition) is 0. The first-order valence-corrected chi connectivity index (χ1v) is 36.4. The van der Waals surface area contributed by atoms with Crippen molar-refractivity contribution < 1.29 is 0 Å². The van der Waals surface area contributed by atoms with Crippen molar-refractivity contribution in [2.75, 3.05) is 0 Å². The fraction of sp³-hybridized carbons (Fsp3) is 0.00952. The molecule has 18 aromatic carbocycles. The molecule has 18 aromatic rings. The van der Waals surface area contributed by atoms with Crippen LogP contribution in [-0.4, -0.2) is 0 Å². The van der Waals surface area contributed by atoms with Gasteiger partial charge in [0, 0.05) is 0 Å². The zero-order valence-corrected chi connectivity index (χ0v) is 57.9. The Morgan fingerprint density at radius 1 is 0.114 bits per heavy atom. The molecule has 0 atom stereocenters. The summed E-state index contributed by atoms with van der Waals surface area (Å²) < 4.78 is 0. The summed E-state index contributed by atoms with van der Waals surface area (Å²) in [5.74, 6) is 0. The van der Waals surface area contributed by atoms with Gasteiger partial charge >= 0.3 is 0 Å². The molecule has 0 heterocycles. The van der Waals surface area contributed by atoms with Gasteiger partial charge in [0.1, 0.15) is 0 Å². The lowest BCUT2D eigenvalue weighted by Crippen LogP contribution is -2.28. The van der Waals surface area contributed by atoms with Crippen molar-refractivity contribution in [3.05, 3.63) is 447 Å². The van der Waals surface area contributed by atoms with Crippen LogP contribution < -0.4 is 0 Å². The van der Waals surface area contributed by atoms with Crippen molar-refractivity contribution >= 4 is 21.5 Å². The van der Waals surface area contributed by atoms with Crippen LogP contribution >= 0.6 is 0 Å². The monoisotopic (exact) mass is 1330 g/mol. The van der Waals surface area contributed by atoms with E-state index in [1.807, 2.05) is 0 Å². The zero-order chi connectivity index (χ0) is 69.6. The number of hydrogen-bond donors (Lipinski definition) is 0. The quantitative estimate of drug-likeness (QED) is 0.102. The average Bonchev–Trinajstić information content (AvgIpc) is 1.54. The van der Waals surface area contributed by atoms with E-state index in [4.69, 9.17) is 0 Å². The second-order valence-electron chi connectivity index (χ2n) is 27.9. The molecular weight excluding hydrogens is 1260 g/mol. The molecule has 1 aliphatic carbocycles. The minimum absolute atomic E-state index is 0.512. The van der Waals surface area contributed by atoms with Gasteiger partial charge in [0.2, 0.25) is 0 Å². The molecule has 0 heteroatoms. The summed E-state index contributed by atoms with van der Waals surface area (Å²) in [7, 11) is 0. The van der Waals surface area contributed by atoms with E-state index in [-0.39, 0.29) is 0 Å². The highest BCUT2D eigenvalue weighted by molar-refractivity contribution is 5.94. The molecule has 0 saturated heterocycles. The Bertz CT molecular complexity index is 5790.